The fourth-order valence-corrected chi connectivity index (χ4v) is 1.93. The van der Waals surface area contributed by atoms with Gasteiger partial charge in [0, 0.05) is 25.7 Å². The first-order valence-electron chi connectivity index (χ1n) is 7.06. The summed E-state index contributed by atoms with van der Waals surface area (Å²) in [7, 11) is 1.76. The standard InChI is InChI=1S/C15H20N4O3/c1-10-8-13(18-19(10)3)15(21)17-9-14(20)16-7-6-12-5-4-11(2)22-12/h4-5,8H,6-7,9H2,1-3H3,(H,16,20)(H,17,21). The summed E-state index contributed by atoms with van der Waals surface area (Å²) in [5, 5.41) is 9.32. The summed E-state index contributed by atoms with van der Waals surface area (Å²) >= 11 is 0. The van der Waals surface area contributed by atoms with Gasteiger partial charge in [0.15, 0.2) is 0 Å². The van der Waals surface area contributed by atoms with Gasteiger partial charge >= 0.3 is 0 Å². The lowest BCUT2D eigenvalue weighted by molar-refractivity contribution is -0.120. The number of aryl methyl sites for hydroxylation is 3. The zero-order chi connectivity index (χ0) is 16.1. The van der Waals surface area contributed by atoms with E-state index in [0.717, 1.165) is 17.2 Å². The van der Waals surface area contributed by atoms with Crippen LogP contribution in [0, 0.1) is 13.8 Å². The van der Waals surface area contributed by atoms with Crippen LogP contribution in [-0.4, -0.2) is 34.7 Å². The lowest BCUT2D eigenvalue weighted by atomic mass is 10.3. The van der Waals surface area contributed by atoms with Gasteiger partial charge in [0.1, 0.15) is 17.2 Å². The van der Waals surface area contributed by atoms with Gasteiger partial charge in [-0.2, -0.15) is 5.10 Å². The van der Waals surface area contributed by atoms with E-state index in [9.17, 15) is 9.59 Å². The smallest absolute Gasteiger partial charge is 0.272 e. The van der Waals surface area contributed by atoms with E-state index in [2.05, 4.69) is 15.7 Å². The maximum absolute atomic E-state index is 11.8. The largest absolute Gasteiger partial charge is 0.466 e. The molecule has 0 spiro atoms. The van der Waals surface area contributed by atoms with Crippen molar-refractivity contribution in [2.24, 2.45) is 7.05 Å². The third-order valence-corrected chi connectivity index (χ3v) is 3.25. The van der Waals surface area contributed by atoms with Crippen molar-refractivity contribution in [1.82, 2.24) is 20.4 Å². The van der Waals surface area contributed by atoms with Gasteiger partial charge in [-0.25, -0.2) is 0 Å². The van der Waals surface area contributed by atoms with E-state index in [4.69, 9.17) is 4.42 Å². The first kappa shape index (κ1) is 15.8. The third kappa shape index (κ3) is 4.21. The molecule has 0 aliphatic rings. The minimum absolute atomic E-state index is 0.0777. The second kappa shape index (κ2) is 6.93. The molecule has 2 heterocycles. The summed E-state index contributed by atoms with van der Waals surface area (Å²) < 4.78 is 7.01. The number of nitrogens with one attached hydrogen (secondary N) is 2. The highest BCUT2D eigenvalue weighted by Crippen LogP contribution is 2.05. The number of furan rings is 1. The van der Waals surface area contributed by atoms with Crippen LogP contribution in [0.15, 0.2) is 22.6 Å². The number of amides is 2. The number of hydrogen-bond acceptors (Lipinski definition) is 4. The molecule has 7 nitrogen and oxygen atoms in total. The van der Waals surface area contributed by atoms with Gasteiger partial charge in [-0.15, -0.1) is 0 Å². The molecule has 0 radical (unpaired) electrons. The van der Waals surface area contributed by atoms with Gasteiger partial charge in [0.05, 0.1) is 6.54 Å². The number of rotatable bonds is 6. The Labute approximate surface area is 128 Å². The fraction of sp³-hybridized carbons (Fsp3) is 0.400. The van der Waals surface area contributed by atoms with Gasteiger partial charge < -0.3 is 15.1 Å². The van der Waals surface area contributed by atoms with Gasteiger partial charge in [-0.1, -0.05) is 0 Å². The molecule has 0 aliphatic carbocycles. The van der Waals surface area contributed by atoms with Crippen LogP contribution in [0.3, 0.4) is 0 Å². The lowest BCUT2D eigenvalue weighted by Gasteiger charge is -2.05. The molecule has 2 amide bonds. The number of carbonyl (C=O) groups is 2. The Bertz CT molecular complexity index is 653. The topological polar surface area (TPSA) is 89.2 Å². The van der Waals surface area contributed by atoms with E-state index in [1.165, 1.54) is 0 Å². The molecule has 2 N–H and O–H groups in total. The quantitative estimate of drug-likeness (QED) is 0.823. The molecule has 7 heteroatoms. The Balaban J connectivity index is 1.70. The first-order valence-corrected chi connectivity index (χ1v) is 7.06. The Morgan fingerprint density at radius 2 is 2.05 bits per heavy atom. The minimum atomic E-state index is -0.361. The highest BCUT2D eigenvalue weighted by Gasteiger charge is 2.12. The average molecular weight is 304 g/mol. The van der Waals surface area contributed by atoms with Crippen molar-refractivity contribution in [2.45, 2.75) is 20.3 Å². The second-order valence-corrected chi connectivity index (χ2v) is 5.09. The van der Waals surface area contributed by atoms with Gasteiger partial charge in [0.2, 0.25) is 5.91 Å². The van der Waals surface area contributed by atoms with Crippen molar-refractivity contribution in [2.75, 3.05) is 13.1 Å². The summed E-state index contributed by atoms with van der Waals surface area (Å²) in [5.41, 5.74) is 1.18. The normalized spacial score (nSPS) is 10.5. The van der Waals surface area contributed by atoms with Crippen LogP contribution < -0.4 is 10.6 Å². The summed E-state index contributed by atoms with van der Waals surface area (Å²) in [5.74, 6) is 1.06. The van der Waals surface area contributed by atoms with Crippen molar-refractivity contribution in [3.05, 3.63) is 41.1 Å². The van der Waals surface area contributed by atoms with Crippen LogP contribution >= 0.6 is 0 Å². The number of carbonyl (C=O) groups excluding carboxylic acids is 2. The van der Waals surface area contributed by atoms with Crippen molar-refractivity contribution < 1.29 is 14.0 Å². The molecule has 0 saturated heterocycles. The predicted octanol–water partition coefficient (Wildman–Crippen LogP) is 0.719. The lowest BCUT2D eigenvalue weighted by Crippen LogP contribution is -2.37. The molecular weight excluding hydrogens is 284 g/mol. The summed E-state index contributed by atoms with van der Waals surface area (Å²) in [6.07, 6.45) is 0.618. The second-order valence-electron chi connectivity index (χ2n) is 5.09. The molecule has 0 aliphatic heterocycles. The number of aromatic nitrogens is 2. The molecule has 0 saturated carbocycles. The predicted molar refractivity (Wildman–Crippen MR) is 80.4 cm³/mol. The van der Waals surface area contributed by atoms with Crippen LogP contribution in [0.4, 0.5) is 0 Å². The molecule has 2 aromatic heterocycles. The first-order chi connectivity index (χ1) is 10.5. The van der Waals surface area contributed by atoms with Gasteiger partial charge in [-0.3, -0.25) is 14.3 Å². The Hall–Kier alpha value is -2.57. The molecule has 118 valence electrons. The molecule has 0 aromatic carbocycles. The number of nitrogens with zero attached hydrogens (tertiary/aromatic N) is 2. The van der Waals surface area contributed by atoms with Crippen LogP contribution in [0.25, 0.3) is 0 Å². The van der Waals surface area contributed by atoms with Crippen LogP contribution in [-0.2, 0) is 18.3 Å². The van der Waals surface area contributed by atoms with E-state index < -0.39 is 0 Å². The van der Waals surface area contributed by atoms with Crippen molar-refractivity contribution >= 4 is 11.8 Å². The summed E-state index contributed by atoms with van der Waals surface area (Å²) in [6.45, 7) is 4.11. The molecule has 2 rings (SSSR count). The highest BCUT2D eigenvalue weighted by molar-refractivity contribution is 5.94. The zero-order valence-corrected chi connectivity index (χ0v) is 13.0. The van der Waals surface area contributed by atoms with Crippen LogP contribution in [0.5, 0.6) is 0 Å². The van der Waals surface area contributed by atoms with E-state index in [0.29, 0.717) is 18.7 Å². The van der Waals surface area contributed by atoms with E-state index >= 15 is 0 Å². The van der Waals surface area contributed by atoms with Gasteiger partial charge in [0.25, 0.3) is 5.91 Å². The Morgan fingerprint density at radius 3 is 2.64 bits per heavy atom. The SMILES string of the molecule is Cc1ccc(CCNC(=O)CNC(=O)c2cc(C)n(C)n2)o1. The Morgan fingerprint density at radius 1 is 1.27 bits per heavy atom. The fourth-order valence-electron chi connectivity index (χ4n) is 1.93. The van der Waals surface area contributed by atoms with Crippen molar-refractivity contribution in [3.63, 3.8) is 0 Å². The molecule has 0 unspecified atom stereocenters. The summed E-state index contributed by atoms with van der Waals surface area (Å²) in [6, 6.07) is 5.44. The minimum Gasteiger partial charge on any atom is -0.466 e. The van der Waals surface area contributed by atoms with E-state index in [1.807, 2.05) is 26.0 Å². The molecule has 2 aromatic rings. The van der Waals surface area contributed by atoms with Gasteiger partial charge in [-0.05, 0) is 32.0 Å². The maximum atomic E-state index is 11.8. The highest BCUT2D eigenvalue weighted by atomic mass is 16.3. The van der Waals surface area contributed by atoms with Crippen LogP contribution in [0.1, 0.15) is 27.7 Å². The molecular formula is C15H20N4O3. The summed E-state index contributed by atoms with van der Waals surface area (Å²) in [4.78, 5) is 23.5. The Kier molecular flexibility index (Phi) is 4.98. The maximum Gasteiger partial charge on any atom is 0.272 e. The zero-order valence-electron chi connectivity index (χ0n) is 13.0. The number of hydrogen-bond donors (Lipinski definition) is 2. The monoisotopic (exact) mass is 304 g/mol. The van der Waals surface area contributed by atoms with E-state index in [-0.39, 0.29) is 18.4 Å². The molecule has 0 atom stereocenters. The average Bonchev–Trinajstić information content (AvgIpc) is 3.03. The van der Waals surface area contributed by atoms with Crippen molar-refractivity contribution in [1.29, 1.82) is 0 Å². The molecule has 0 fully saturated rings. The molecule has 22 heavy (non-hydrogen) atoms. The van der Waals surface area contributed by atoms with Crippen molar-refractivity contribution in [3.8, 4) is 0 Å². The molecule has 0 bridgehead atoms. The van der Waals surface area contributed by atoms with Crippen LogP contribution in [0.2, 0.25) is 0 Å². The van der Waals surface area contributed by atoms with E-state index in [1.54, 1.807) is 17.8 Å². The third-order valence-electron chi connectivity index (χ3n) is 3.25.